The molecule has 0 aromatic rings. The van der Waals surface area contributed by atoms with Crippen LogP contribution in [0.25, 0.3) is 0 Å². The van der Waals surface area contributed by atoms with Crippen molar-refractivity contribution in [3.05, 3.63) is 0 Å². The predicted molar refractivity (Wildman–Crippen MR) is 134 cm³/mol. The fourth-order valence-corrected chi connectivity index (χ4v) is 12.7. The topological polar surface area (TPSA) is 52.6 Å². The molecule has 8 bridgehead atoms. The van der Waals surface area contributed by atoms with E-state index >= 15 is 0 Å². The molecule has 8 fully saturated rings. The molecular weight excluding hydrogens is 492 g/mol. The van der Waals surface area contributed by atoms with Crippen LogP contribution < -0.4 is 0 Å². The van der Waals surface area contributed by atoms with Crippen molar-refractivity contribution in [3.63, 3.8) is 0 Å². The summed E-state index contributed by atoms with van der Waals surface area (Å²) in [5, 5.41) is 0.988. The first-order valence-electron chi connectivity index (χ1n) is 14.1. The second-order valence-electron chi connectivity index (χ2n) is 14.0. The number of hydrogen-bond donors (Lipinski definition) is 0. The van der Waals surface area contributed by atoms with Gasteiger partial charge in [-0.1, -0.05) is 22.9 Å². The second kappa shape index (κ2) is 7.71. The van der Waals surface area contributed by atoms with Gasteiger partial charge < -0.3 is 9.47 Å². The summed E-state index contributed by atoms with van der Waals surface area (Å²) < 4.78 is 11.6. The van der Waals surface area contributed by atoms with Crippen LogP contribution >= 0.6 is 15.9 Å². The highest BCUT2D eigenvalue weighted by Crippen LogP contribution is 2.78. The summed E-state index contributed by atoms with van der Waals surface area (Å²) in [5.41, 5.74) is -0.560. The molecule has 0 aromatic carbocycles. The molecule has 0 heterocycles. The van der Waals surface area contributed by atoms with Crippen LogP contribution in [-0.4, -0.2) is 30.5 Å². The van der Waals surface area contributed by atoms with Gasteiger partial charge in [0, 0.05) is 5.33 Å². The molecule has 0 aromatic heterocycles. The van der Waals surface area contributed by atoms with E-state index < -0.39 is 5.41 Å². The molecule has 0 radical (unpaired) electrons. The van der Waals surface area contributed by atoms with E-state index in [2.05, 4.69) is 22.9 Å². The summed E-state index contributed by atoms with van der Waals surface area (Å²) in [5.74, 6) is 2.46. The molecule has 0 amide bonds. The molecule has 190 valence electrons. The van der Waals surface area contributed by atoms with Crippen LogP contribution in [0.1, 0.15) is 97.8 Å². The lowest BCUT2D eigenvalue weighted by Gasteiger charge is -2.49. The van der Waals surface area contributed by atoms with Crippen molar-refractivity contribution in [2.45, 2.75) is 97.8 Å². The first-order valence-corrected chi connectivity index (χ1v) is 15.2. The normalized spacial score (nSPS) is 47.5. The van der Waals surface area contributed by atoms with Gasteiger partial charge >= 0.3 is 11.9 Å². The Kier molecular flexibility index (Phi) is 5.40. The third-order valence-electron chi connectivity index (χ3n) is 12.2. The van der Waals surface area contributed by atoms with Crippen molar-refractivity contribution >= 4 is 27.9 Å². The third kappa shape index (κ3) is 3.00. The molecule has 0 spiro atoms. The van der Waals surface area contributed by atoms with E-state index in [9.17, 15) is 9.59 Å². The van der Waals surface area contributed by atoms with Gasteiger partial charge in [-0.2, -0.15) is 0 Å². The Morgan fingerprint density at radius 2 is 1.15 bits per heavy atom. The standard InChI is InChI=1S/C29H43BrO4/c1-4-33-23(31)29(24(32)34-5-2,16-26-10-19-6-20(11-26)9-25(26,3)8-19)17-27-12-21-7-22(13-27)15-28(27,14-21)18-30/h19-22H,4-18H2,1-3H3/t19-,20-,21-,22-,25?,26?,27?,28?/m1/s1. The van der Waals surface area contributed by atoms with Crippen LogP contribution in [0, 0.1) is 50.7 Å². The van der Waals surface area contributed by atoms with Crippen molar-refractivity contribution in [3.8, 4) is 0 Å². The van der Waals surface area contributed by atoms with Gasteiger partial charge in [0.05, 0.1) is 13.2 Å². The van der Waals surface area contributed by atoms with Gasteiger partial charge in [-0.25, -0.2) is 0 Å². The lowest BCUT2D eigenvalue weighted by Crippen LogP contribution is -2.52. The van der Waals surface area contributed by atoms with Crippen molar-refractivity contribution in [2.24, 2.45) is 50.7 Å². The summed E-state index contributed by atoms with van der Waals surface area (Å²) in [4.78, 5) is 28.2. The Hall–Kier alpha value is -0.580. The molecule has 8 rings (SSSR count). The maximum Gasteiger partial charge on any atom is 0.323 e. The minimum atomic E-state index is -1.16. The number of carbonyl (C=O) groups is 2. The molecule has 8 aliphatic carbocycles. The van der Waals surface area contributed by atoms with Crippen LogP contribution in [0.5, 0.6) is 0 Å². The second-order valence-corrected chi connectivity index (χ2v) is 14.5. The van der Waals surface area contributed by atoms with Gasteiger partial charge in [0.15, 0.2) is 5.41 Å². The maximum absolute atomic E-state index is 14.1. The molecular formula is C29H43BrO4. The van der Waals surface area contributed by atoms with Gasteiger partial charge in [0.2, 0.25) is 0 Å². The van der Waals surface area contributed by atoms with Crippen LogP contribution in [0.15, 0.2) is 0 Å². The summed E-state index contributed by atoms with van der Waals surface area (Å²) in [6.07, 6.45) is 13.7. The van der Waals surface area contributed by atoms with Crippen molar-refractivity contribution in [2.75, 3.05) is 18.5 Å². The zero-order valence-corrected chi connectivity index (χ0v) is 23.0. The SMILES string of the molecule is CCOC(=O)C(CC12C[C@@H]3C[C@H](CC1(C)C3)C2)(CC12C[C@H]3C[C@@H](CC1(CBr)C3)C2)C(=O)OCC. The van der Waals surface area contributed by atoms with Crippen LogP contribution in [0.4, 0.5) is 0 Å². The lowest BCUT2D eigenvalue weighted by molar-refractivity contribution is -0.181. The predicted octanol–water partition coefficient (Wildman–Crippen LogP) is 6.69. The van der Waals surface area contributed by atoms with E-state index in [1.54, 1.807) is 0 Å². The van der Waals surface area contributed by atoms with Gasteiger partial charge in [-0.15, -0.1) is 0 Å². The monoisotopic (exact) mass is 534 g/mol. The molecule has 4 nitrogen and oxygen atoms in total. The Balaban J connectivity index is 1.44. The number of halogens is 1. The minimum Gasteiger partial charge on any atom is -0.465 e. The summed E-state index contributed by atoms with van der Waals surface area (Å²) in [6.45, 7) is 6.85. The zero-order valence-electron chi connectivity index (χ0n) is 21.4. The quantitative estimate of drug-likeness (QED) is 0.188. The Morgan fingerprint density at radius 1 is 0.735 bits per heavy atom. The number of hydrogen-bond acceptors (Lipinski definition) is 4. The summed E-state index contributed by atoms with van der Waals surface area (Å²) in [6, 6.07) is 0. The lowest BCUT2D eigenvalue weighted by atomic mass is 9.54. The fourth-order valence-electron chi connectivity index (χ4n) is 11.7. The summed E-state index contributed by atoms with van der Waals surface area (Å²) >= 11 is 3.92. The van der Waals surface area contributed by atoms with E-state index in [1.807, 2.05) is 13.8 Å². The van der Waals surface area contributed by atoms with Crippen molar-refractivity contribution in [1.29, 1.82) is 0 Å². The molecule has 0 aliphatic heterocycles. The molecule has 34 heavy (non-hydrogen) atoms. The highest BCUT2D eigenvalue weighted by molar-refractivity contribution is 9.09. The van der Waals surface area contributed by atoms with Gasteiger partial charge in [-0.3, -0.25) is 9.59 Å². The molecule has 4 atom stereocenters. The first-order chi connectivity index (χ1) is 16.2. The Morgan fingerprint density at radius 3 is 1.62 bits per heavy atom. The van der Waals surface area contributed by atoms with Crippen molar-refractivity contribution in [1.82, 2.24) is 0 Å². The van der Waals surface area contributed by atoms with Crippen LogP contribution in [0.3, 0.4) is 0 Å². The van der Waals surface area contributed by atoms with Crippen LogP contribution in [0.2, 0.25) is 0 Å². The fraction of sp³-hybridized carbons (Fsp3) is 0.931. The summed E-state index contributed by atoms with van der Waals surface area (Å²) in [7, 11) is 0. The average molecular weight is 536 g/mol. The molecule has 8 saturated carbocycles. The number of ether oxygens (including phenoxy) is 2. The third-order valence-corrected chi connectivity index (χ3v) is 13.2. The Bertz CT molecular complexity index is 833. The van der Waals surface area contributed by atoms with E-state index in [-0.39, 0.29) is 33.6 Å². The number of carbonyl (C=O) groups excluding carboxylic acids is 2. The number of alkyl halides is 1. The molecule has 5 heteroatoms. The van der Waals surface area contributed by atoms with Crippen LogP contribution in [-0.2, 0) is 19.1 Å². The maximum atomic E-state index is 14.1. The highest BCUT2D eigenvalue weighted by atomic mass is 79.9. The molecule has 0 saturated heterocycles. The molecule has 8 aliphatic rings. The van der Waals surface area contributed by atoms with E-state index in [0.29, 0.717) is 26.1 Å². The van der Waals surface area contributed by atoms with Gasteiger partial charge in [0.1, 0.15) is 0 Å². The smallest absolute Gasteiger partial charge is 0.323 e. The minimum absolute atomic E-state index is 0.0524. The number of esters is 2. The number of rotatable bonds is 9. The molecule has 0 N–H and O–H groups in total. The average Bonchev–Trinajstić information content (AvgIpc) is 3.27. The largest absolute Gasteiger partial charge is 0.465 e. The zero-order chi connectivity index (χ0) is 24.0. The van der Waals surface area contributed by atoms with Crippen molar-refractivity contribution < 1.29 is 19.1 Å². The molecule has 0 unspecified atom stereocenters. The first kappa shape index (κ1) is 23.8. The van der Waals surface area contributed by atoms with E-state index in [1.165, 1.54) is 64.2 Å². The van der Waals surface area contributed by atoms with Gasteiger partial charge in [-0.05, 0) is 136 Å². The highest BCUT2D eigenvalue weighted by Gasteiger charge is 2.72. The van der Waals surface area contributed by atoms with E-state index in [0.717, 1.165) is 29.0 Å². The van der Waals surface area contributed by atoms with Gasteiger partial charge in [0.25, 0.3) is 0 Å². The Labute approximate surface area is 213 Å². The van der Waals surface area contributed by atoms with E-state index in [4.69, 9.17) is 9.47 Å².